The van der Waals surface area contributed by atoms with Gasteiger partial charge in [-0.3, -0.25) is 4.79 Å². The highest BCUT2D eigenvalue weighted by atomic mass is 16.2. The van der Waals surface area contributed by atoms with Crippen molar-refractivity contribution in [3.63, 3.8) is 0 Å². The summed E-state index contributed by atoms with van der Waals surface area (Å²) in [6.07, 6.45) is 0. The molecule has 1 heterocycles. The molecule has 1 unspecified atom stereocenters. The molecule has 0 aliphatic carbocycles. The summed E-state index contributed by atoms with van der Waals surface area (Å²) in [5, 5.41) is 5.68. The molecule has 1 aliphatic rings. The lowest BCUT2D eigenvalue weighted by molar-refractivity contribution is -0.121. The quantitative estimate of drug-likeness (QED) is 0.385. The van der Waals surface area contributed by atoms with Crippen molar-refractivity contribution >= 4 is 5.91 Å². The zero-order chi connectivity index (χ0) is 6.69. The Morgan fingerprint density at radius 2 is 2.56 bits per heavy atom. The first-order chi connectivity index (χ1) is 4.33. The van der Waals surface area contributed by atoms with Gasteiger partial charge in [-0.1, -0.05) is 0 Å². The van der Waals surface area contributed by atoms with Crippen molar-refractivity contribution in [2.75, 3.05) is 19.6 Å². The van der Waals surface area contributed by atoms with Crippen LogP contribution in [0.25, 0.3) is 0 Å². The van der Waals surface area contributed by atoms with E-state index in [2.05, 4.69) is 10.6 Å². The third-order valence-electron chi connectivity index (χ3n) is 1.38. The molecule has 0 spiro atoms. The van der Waals surface area contributed by atoms with E-state index in [-0.39, 0.29) is 11.9 Å². The average molecular weight is 129 g/mol. The third kappa shape index (κ3) is 1.65. The summed E-state index contributed by atoms with van der Waals surface area (Å²) in [5.41, 5.74) is 5.33. The van der Waals surface area contributed by atoms with E-state index in [9.17, 15) is 4.79 Å². The molecule has 1 saturated heterocycles. The maximum Gasteiger partial charge on any atom is 0.234 e. The van der Waals surface area contributed by atoms with Crippen LogP contribution in [0.15, 0.2) is 0 Å². The van der Waals surface area contributed by atoms with Crippen LogP contribution in [0.5, 0.6) is 0 Å². The molecule has 4 heteroatoms. The number of nitrogens with two attached hydrogens (primary N) is 1. The van der Waals surface area contributed by atoms with Crippen molar-refractivity contribution in [2.24, 2.45) is 5.73 Å². The van der Waals surface area contributed by atoms with Gasteiger partial charge in [-0.05, 0) is 0 Å². The van der Waals surface area contributed by atoms with Gasteiger partial charge >= 0.3 is 0 Å². The van der Waals surface area contributed by atoms with Crippen molar-refractivity contribution in [2.45, 2.75) is 6.04 Å². The minimum atomic E-state index is 0.0553. The summed E-state index contributed by atoms with van der Waals surface area (Å²) in [4.78, 5) is 10.5. The molecule has 4 nitrogen and oxygen atoms in total. The summed E-state index contributed by atoms with van der Waals surface area (Å²) in [6.45, 7) is 1.65. The zero-order valence-electron chi connectivity index (χ0n) is 5.18. The van der Waals surface area contributed by atoms with Gasteiger partial charge < -0.3 is 16.4 Å². The fourth-order valence-corrected chi connectivity index (χ4v) is 0.775. The topological polar surface area (TPSA) is 67.1 Å². The smallest absolute Gasteiger partial charge is 0.234 e. The monoisotopic (exact) mass is 129 g/mol. The van der Waals surface area contributed by atoms with E-state index in [1.54, 1.807) is 0 Å². The molecule has 4 N–H and O–H groups in total. The van der Waals surface area contributed by atoms with Crippen LogP contribution in [0, 0.1) is 0 Å². The Balaban J connectivity index is 2.26. The minimum absolute atomic E-state index is 0.0553. The zero-order valence-corrected chi connectivity index (χ0v) is 5.18. The summed E-state index contributed by atoms with van der Waals surface area (Å²) in [6, 6.07) is 0.266. The van der Waals surface area contributed by atoms with Gasteiger partial charge in [0.2, 0.25) is 5.91 Å². The molecule has 1 atom stereocenters. The van der Waals surface area contributed by atoms with Crippen molar-refractivity contribution in [3.8, 4) is 0 Å². The van der Waals surface area contributed by atoms with Crippen molar-refractivity contribution in [1.82, 2.24) is 10.6 Å². The van der Waals surface area contributed by atoms with Crippen molar-refractivity contribution in [1.29, 1.82) is 0 Å². The number of amides is 1. The molecule has 0 aromatic carbocycles. The van der Waals surface area contributed by atoms with Crippen LogP contribution in [-0.2, 0) is 4.79 Å². The normalized spacial score (nSPS) is 27.7. The molecule has 1 aliphatic heterocycles. The van der Waals surface area contributed by atoms with E-state index >= 15 is 0 Å². The molecule has 0 aromatic heterocycles. The van der Waals surface area contributed by atoms with Crippen LogP contribution >= 0.6 is 0 Å². The number of piperazine rings is 1. The fourth-order valence-electron chi connectivity index (χ4n) is 0.775. The van der Waals surface area contributed by atoms with Crippen LogP contribution in [0.3, 0.4) is 0 Å². The number of hydrogen-bond acceptors (Lipinski definition) is 3. The number of hydrogen-bond donors (Lipinski definition) is 3. The third-order valence-corrected chi connectivity index (χ3v) is 1.38. The Bertz CT molecular complexity index is 105. The highest BCUT2D eigenvalue weighted by Gasteiger charge is 2.14. The standard InChI is InChI=1S/C5H11N3O/c6-1-4-2-8-5(9)3-7-4/h4,7H,1-3,6H2,(H,8,9). The lowest BCUT2D eigenvalue weighted by atomic mass is 10.2. The summed E-state index contributed by atoms with van der Waals surface area (Å²) < 4.78 is 0. The largest absolute Gasteiger partial charge is 0.353 e. The molecule has 0 bridgehead atoms. The van der Waals surface area contributed by atoms with Crippen LogP contribution in [0.2, 0.25) is 0 Å². The van der Waals surface area contributed by atoms with Gasteiger partial charge in [0.1, 0.15) is 0 Å². The highest BCUT2D eigenvalue weighted by Crippen LogP contribution is 1.82. The molecular formula is C5H11N3O. The van der Waals surface area contributed by atoms with Gasteiger partial charge in [-0.25, -0.2) is 0 Å². The molecule has 0 saturated carbocycles. The summed E-state index contributed by atoms with van der Waals surface area (Å²) in [7, 11) is 0. The van der Waals surface area contributed by atoms with E-state index in [1.165, 1.54) is 0 Å². The summed E-state index contributed by atoms with van der Waals surface area (Å²) in [5.74, 6) is 0.0553. The first kappa shape index (κ1) is 6.51. The maximum absolute atomic E-state index is 10.5. The maximum atomic E-state index is 10.5. The number of nitrogens with one attached hydrogen (secondary N) is 2. The first-order valence-corrected chi connectivity index (χ1v) is 3.03. The van der Waals surface area contributed by atoms with Crippen LogP contribution < -0.4 is 16.4 Å². The SMILES string of the molecule is NCC1CNC(=O)CN1. The van der Waals surface area contributed by atoms with Crippen LogP contribution in [0.4, 0.5) is 0 Å². The molecule has 1 rings (SSSR count). The van der Waals surface area contributed by atoms with Gasteiger partial charge in [-0.2, -0.15) is 0 Å². The molecule has 1 amide bonds. The van der Waals surface area contributed by atoms with E-state index < -0.39 is 0 Å². The predicted octanol–water partition coefficient (Wildman–Crippen LogP) is -1.97. The second-order valence-electron chi connectivity index (χ2n) is 2.12. The van der Waals surface area contributed by atoms with E-state index in [1.807, 2.05) is 0 Å². The van der Waals surface area contributed by atoms with Gasteiger partial charge in [0.05, 0.1) is 6.54 Å². The molecule has 52 valence electrons. The molecule has 0 aromatic rings. The second kappa shape index (κ2) is 2.80. The van der Waals surface area contributed by atoms with E-state index in [4.69, 9.17) is 5.73 Å². The molecule has 9 heavy (non-hydrogen) atoms. The molecule has 1 fully saturated rings. The Morgan fingerprint density at radius 1 is 1.78 bits per heavy atom. The minimum Gasteiger partial charge on any atom is -0.353 e. The van der Waals surface area contributed by atoms with Gasteiger partial charge in [-0.15, -0.1) is 0 Å². The lowest BCUT2D eigenvalue weighted by Crippen LogP contribution is -2.54. The fraction of sp³-hybridized carbons (Fsp3) is 0.800. The van der Waals surface area contributed by atoms with Crippen molar-refractivity contribution < 1.29 is 4.79 Å². The second-order valence-corrected chi connectivity index (χ2v) is 2.12. The Labute approximate surface area is 53.8 Å². The average Bonchev–Trinajstić information content (AvgIpc) is 1.90. The Kier molecular flexibility index (Phi) is 2.02. The van der Waals surface area contributed by atoms with E-state index in [0.29, 0.717) is 19.6 Å². The molecular weight excluding hydrogens is 118 g/mol. The van der Waals surface area contributed by atoms with Gasteiger partial charge in [0, 0.05) is 19.1 Å². The summed E-state index contributed by atoms with van der Waals surface area (Å²) >= 11 is 0. The number of carbonyl (C=O) groups is 1. The van der Waals surface area contributed by atoms with Crippen LogP contribution in [0.1, 0.15) is 0 Å². The predicted molar refractivity (Wildman–Crippen MR) is 33.9 cm³/mol. The first-order valence-electron chi connectivity index (χ1n) is 3.03. The van der Waals surface area contributed by atoms with Gasteiger partial charge in [0.15, 0.2) is 0 Å². The number of rotatable bonds is 1. The van der Waals surface area contributed by atoms with E-state index in [0.717, 1.165) is 0 Å². The highest BCUT2D eigenvalue weighted by molar-refractivity contribution is 5.78. The lowest BCUT2D eigenvalue weighted by Gasteiger charge is -2.21. The van der Waals surface area contributed by atoms with Crippen molar-refractivity contribution in [3.05, 3.63) is 0 Å². The van der Waals surface area contributed by atoms with Crippen LogP contribution in [-0.4, -0.2) is 31.6 Å². The van der Waals surface area contributed by atoms with Gasteiger partial charge in [0.25, 0.3) is 0 Å². The number of carbonyl (C=O) groups excluding carboxylic acids is 1. The Hall–Kier alpha value is -0.610. The Morgan fingerprint density at radius 3 is 3.00 bits per heavy atom. The molecule has 0 radical (unpaired) electrons.